The molecule has 2 atom stereocenters. The molecular weight excluding hydrogens is 289 g/mol. The molecule has 0 amide bonds. The van der Waals surface area contributed by atoms with Gasteiger partial charge in [0.25, 0.3) is 0 Å². The zero-order valence-corrected chi connectivity index (χ0v) is 12.6. The molecule has 0 spiro atoms. The molecule has 8 nitrogen and oxygen atoms in total. The summed E-state index contributed by atoms with van der Waals surface area (Å²) in [7, 11) is -4.21. The Labute approximate surface area is 118 Å². The number of aliphatic hydroxyl groups is 1. The molecule has 0 saturated heterocycles. The van der Waals surface area contributed by atoms with Crippen LogP contribution >= 0.6 is 7.82 Å². The van der Waals surface area contributed by atoms with E-state index in [-0.39, 0.29) is 19.8 Å². The van der Waals surface area contributed by atoms with Crippen LogP contribution in [0.25, 0.3) is 0 Å². The van der Waals surface area contributed by atoms with Crippen molar-refractivity contribution in [1.29, 1.82) is 0 Å². The maximum atomic E-state index is 11.2. The molecular formula is C11H24NO7P. The first kappa shape index (κ1) is 19.5. The van der Waals surface area contributed by atoms with Gasteiger partial charge in [-0.15, -0.1) is 0 Å². The average molecular weight is 313 g/mol. The van der Waals surface area contributed by atoms with Crippen molar-refractivity contribution in [2.24, 2.45) is 5.73 Å². The van der Waals surface area contributed by atoms with Gasteiger partial charge in [-0.05, 0) is 6.42 Å². The lowest BCUT2D eigenvalue weighted by Crippen LogP contribution is -2.23. The van der Waals surface area contributed by atoms with Crippen LogP contribution in [0.3, 0.4) is 0 Å². The topological polar surface area (TPSA) is 128 Å². The number of phosphoric ester groups is 1. The van der Waals surface area contributed by atoms with Gasteiger partial charge in [-0.1, -0.05) is 19.8 Å². The molecule has 2 unspecified atom stereocenters. The lowest BCUT2D eigenvalue weighted by atomic mass is 10.2. The van der Waals surface area contributed by atoms with Gasteiger partial charge in [-0.2, -0.15) is 0 Å². The minimum Gasteiger partial charge on any atom is -0.463 e. The summed E-state index contributed by atoms with van der Waals surface area (Å²) in [6, 6.07) is 0. The number of phosphoric acid groups is 1. The molecule has 20 heavy (non-hydrogen) atoms. The zero-order valence-electron chi connectivity index (χ0n) is 11.7. The van der Waals surface area contributed by atoms with E-state index in [0.29, 0.717) is 6.42 Å². The second kappa shape index (κ2) is 11.2. The zero-order chi connectivity index (χ0) is 15.4. The Morgan fingerprint density at radius 1 is 1.30 bits per heavy atom. The molecule has 0 bridgehead atoms. The van der Waals surface area contributed by atoms with Crippen molar-refractivity contribution in [3.63, 3.8) is 0 Å². The first-order chi connectivity index (χ1) is 9.41. The van der Waals surface area contributed by atoms with Crippen LogP contribution in [0.4, 0.5) is 0 Å². The lowest BCUT2D eigenvalue weighted by molar-refractivity contribution is -0.147. The van der Waals surface area contributed by atoms with Gasteiger partial charge in [0, 0.05) is 13.0 Å². The maximum absolute atomic E-state index is 11.2. The molecule has 120 valence electrons. The molecule has 0 heterocycles. The van der Waals surface area contributed by atoms with Crippen molar-refractivity contribution in [3.8, 4) is 0 Å². The van der Waals surface area contributed by atoms with Crippen molar-refractivity contribution >= 4 is 13.8 Å². The summed E-state index contributed by atoms with van der Waals surface area (Å²) in [6.07, 6.45) is 1.78. The fourth-order valence-electron chi connectivity index (χ4n) is 1.21. The summed E-state index contributed by atoms with van der Waals surface area (Å²) in [5.74, 6) is -0.413. The number of esters is 1. The van der Waals surface area contributed by atoms with Crippen LogP contribution < -0.4 is 5.73 Å². The van der Waals surface area contributed by atoms with Gasteiger partial charge in [0.05, 0.1) is 13.2 Å². The van der Waals surface area contributed by atoms with Gasteiger partial charge in [0.1, 0.15) is 12.7 Å². The Morgan fingerprint density at radius 2 is 2.00 bits per heavy atom. The van der Waals surface area contributed by atoms with Crippen LogP contribution in [0.15, 0.2) is 0 Å². The number of rotatable bonds is 12. The van der Waals surface area contributed by atoms with Gasteiger partial charge >= 0.3 is 13.8 Å². The quantitative estimate of drug-likeness (QED) is 0.271. The molecule has 9 heteroatoms. The summed E-state index contributed by atoms with van der Waals surface area (Å²) in [6.45, 7) is 1.21. The number of carbonyl (C=O) groups excluding carboxylic acids is 1. The van der Waals surface area contributed by atoms with Gasteiger partial charge in [0.15, 0.2) is 0 Å². The first-order valence-electron chi connectivity index (χ1n) is 6.57. The fraction of sp³-hybridized carbons (Fsp3) is 0.909. The van der Waals surface area contributed by atoms with Gasteiger partial charge in [-0.3, -0.25) is 13.8 Å². The van der Waals surface area contributed by atoms with E-state index in [1.54, 1.807) is 0 Å². The molecule has 0 aromatic heterocycles. The lowest BCUT2D eigenvalue weighted by Gasteiger charge is -2.15. The van der Waals surface area contributed by atoms with Gasteiger partial charge < -0.3 is 20.5 Å². The van der Waals surface area contributed by atoms with Crippen LogP contribution in [0, 0.1) is 0 Å². The molecule has 0 aromatic carbocycles. The Kier molecular flexibility index (Phi) is 10.9. The van der Waals surface area contributed by atoms with E-state index in [0.717, 1.165) is 19.3 Å². The van der Waals surface area contributed by atoms with Crippen LogP contribution in [-0.2, 0) is 23.1 Å². The van der Waals surface area contributed by atoms with Gasteiger partial charge in [-0.25, -0.2) is 4.57 Å². The maximum Gasteiger partial charge on any atom is 0.472 e. The molecule has 0 aliphatic heterocycles. The van der Waals surface area contributed by atoms with Crippen LogP contribution in [0.1, 0.15) is 32.6 Å². The van der Waals surface area contributed by atoms with E-state index >= 15 is 0 Å². The fourth-order valence-corrected chi connectivity index (χ4v) is 1.99. The first-order valence-corrected chi connectivity index (χ1v) is 8.06. The van der Waals surface area contributed by atoms with Gasteiger partial charge in [0.2, 0.25) is 0 Å². The Hall–Kier alpha value is -0.500. The largest absolute Gasteiger partial charge is 0.472 e. The van der Waals surface area contributed by atoms with E-state index in [1.807, 2.05) is 6.92 Å². The minimum absolute atomic E-state index is 0.0752. The normalized spacial score (nSPS) is 15.6. The molecule has 0 saturated carbocycles. The standard InChI is InChI=1S/C11H24NO7P/c1-2-3-4-5-11(14)17-8-10(13)9-19-20(15,16)18-7-6-12/h10,13H,2-9,12H2,1H3,(H,15,16). The van der Waals surface area contributed by atoms with Crippen molar-refractivity contribution in [2.75, 3.05) is 26.4 Å². The summed E-state index contributed by atoms with van der Waals surface area (Å²) in [4.78, 5) is 20.4. The summed E-state index contributed by atoms with van der Waals surface area (Å²) in [5.41, 5.74) is 5.10. The van der Waals surface area contributed by atoms with Crippen LogP contribution in [0.2, 0.25) is 0 Å². The Balaban J connectivity index is 3.74. The van der Waals surface area contributed by atoms with Crippen LogP contribution in [0.5, 0.6) is 0 Å². The van der Waals surface area contributed by atoms with E-state index in [1.165, 1.54) is 0 Å². The summed E-state index contributed by atoms with van der Waals surface area (Å²) in [5, 5.41) is 9.44. The van der Waals surface area contributed by atoms with E-state index in [9.17, 15) is 14.5 Å². The number of aliphatic hydroxyl groups excluding tert-OH is 1. The predicted octanol–water partition coefficient (Wildman–Crippen LogP) is 0.563. The monoisotopic (exact) mass is 313 g/mol. The third kappa shape index (κ3) is 11.3. The second-order valence-electron chi connectivity index (χ2n) is 4.18. The van der Waals surface area contributed by atoms with Crippen molar-refractivity contribution in [3.05, 3.63) is 0 Å². The molecule has 0 aliphatic rings. The SMILES string of the molecule is CCCCCC(=O)OCC(O)COP(=O)(O)OCCN. The van der Waals surface area contributed by atoms with E-state index < -0.39 is 26.5 Å². The van der Waals surface area contributed by atoms with Crippen molar-refractivity contribution in [1.82, 2.24) is 0 Å². The molecule has 0 rings (SSSR count). The predicted molar refractivity (Wildman–Crippen MR) is 71.9 cm³/mol. The third-order valence-electron chi connectivity index (χ3n) is 2.22. The smallest absolute Gasteiger partial charge is 0.463 e. The molecule has 0 radical (unpaired) electrons. The molecule has 0 aromatic rings. The minimum atomic E-state index is -4.21. The summed E-state index contributed by atoms with van der Waals surface area (Å²) < 4.78 is 25.0. The highest BCUT2D eigenvalue weighted by Crippen LogP contribution is 2.42. The number of hydrogen-bond acceptors (Lipinski definition) is 7. The highest BCUT2D eigenvalue weighted by Gasteiger charge is 2.22. The Bertz CT molecular complexity index is 313. The average Bonchev–Trinajstić information content (AvgIpc) is 2.41. The molecule has 4 N–H and O–H groups in total. The number of nitrogens with two attached hydrogens (primary N) is 1. The van der Waals surface area contributed by atoms with Crippen molar-refractivity contribution in [2.45, 2.75) is 38.7 Å². The van der Waals surface area contributed by atoms with Crippen LogP contribution in [-0.4, -0.2) is 48.4 Å². The second-order valence-corrected chi connectivity index (χ2v) is 5.63. The number of ether oxygens (including phenoxy) is 1. The van der Waals surface area contributed by atoms with E-state index in [2.05, 4.69) is 9.05 Å². The molecule has 0 fully saturated rings. The van der Waals surface area contributed by atoms with Crippen molar-refractivity contribution < 1.29 is 33.1 Å². The highest BCUT2D eigenvalue weighted by molar-refractivity contribution is 7.47. The number of hydrogen-bond donors (Lipinski definition) is 3. The number of unbranched alkanes of at least 4 members (excludes halogenated alkanes) is 2. The highest BCUT2D eigenvalue weighted by atomic mass is 31.2. The molecule has 0 aliphatic carbocycles. The Morgan fingerprint density at radius 3 is 2.60 bits per heavy atom. The van der Waals surface area contributed by atoms with E-state index in [4.69, 9.17) is 15.4 Å². The third-order valence-corrected chi connectivity index (χ3v) is 3.21. The number of carbonyl (C=O) groups is 1. The summed E-state index contributed by atoms with van der Waals surface area (Å²) >= 11 is 0.